The van der Waals surface area contributed by atoms with Crippen molar-refractivity contribution >= 4 is 10.9 Å². The van der Waals surface area contributed by atoms with Crippen LogP contribution in [0, 0.1) is 0 Å². The summed E-state index contributed by atoms with van der Waals surface area (Å²) in [6.07, 6.45) is 4.53. The van der Waals surface area contributed by atoms with Gasteiger partial charge in [0, 0.05) is 36.0 Å². The fourth-order valence-electron chi connectivity index (χ4n) is 2.11. The molecule has 3 rings (SSSR count). The third kappa shape index (κ3) is 1.76. The standard InChI is InChI=1S/C14H13N3O/c1-17-9-11(8-16-17)14(18)12-6-2-4-10-5-3-7-15-13(10)12/h2-9,14,18H,1H3. The van der Waals surface area contributed by atoms with Gasteiger partial charge in [0.1, 0.15) is 6.10 Å². The number of aliphatic hydroxyl groups excluding tert-OH is 1. The van der Waals surface area contributed by atoms with E-state index in [4.69, 9.17) is 0 Å². The van der Waals surface area contributed by atoms with Crippen LogP contribution in [0.5, 0.6) is 0 Å². The van der Waals surface area contributed by atoms with Crippen molar-refractivity contribution in [1.29, 1.82) is 0 Å². The molecule has 0 fully saturated rings. The third-order valence-electron chi connectivity index (χ3n) is 3.00. The predicted molar refractivity (Wildman–Crippen MR) is 69.0 cm³/mol. The molecule has 3 aromatic rings. The number of aromatic nitrogens is 3. The van der Waals surface area contributed by atoms with Crippen LogP contribution >= 0.6 is 0 Å². The number of para-hydroxylation sites is 1. The summed E-state index contributed by atoms with van der Waals surface area (Å²) in [5.41, 5.74) is 2.41. The zero-order chi connectivity index (χ0) is 12.5. The average molecular weight is 239 g/mol. The second-order valence-electron chi connectivity index (χ2n) is 4.27. The lowest BCUT2D eigenvalue weighted by Gasteiger charge is -2.11. The first-order valence-corrected chi connectivity index (χ1v) is 5.76. The smallest absolute Gasteiger partial charge is 0.109 e. The lowest BCUT2D eigenvalue weighted by molar-refractivity contribution is 0.221. The van der Waals surface area contributed by atoms with Crippen LogP contribution in [0.2, 0.25) is 0 Å². The Morgan fingerprint density at radius 3 is 2.83 bits per heavy atom. The molecule has 1 aromatic carbocycles. The molecule has 1 N–H and O–H groups in total. The van der Waals surface area contributed by atoms with Crippen molar-refractivity contribution in [3.05, 3.63) is 60.0 Å². The van der Waals surface area contributed by atoms with Crippen molar-refractivity contribution in [1.82, 2.24) is 14.8 Å². The zero-order valence-corrected chi connectivity index (χ0v) is 9.99. The Balaban J connectivity index is 2.14. The summed E-state index contributed by atoms with van der Waals surface area (Å²) in [5, 5.41) is 15.5. The van der Waals surface area contributed by atoms with E-state index in [1.807, 2.05) is 43.6 Å². The fraction of sp³-hybridized carbons (Fsp3) is 0.143. The molecule has 0 amide bonds. The maximum absolute atomic E-state index is 10.4. The fourth-order valence-corrected chi connectivity index (χ4v) is 2.11. The number of benzene rings is 1. The molecule has 0 aliphatic heterocycles. The molecule has 1 unspecified atom stereocenters. The molecule has 0 radical (unpaired) electrons. The van der Waals surface area contributed by atoms with Crippen LogP contribution in [-0.4, -0.2) is 19.9 Å². The van der Waals surface area contributed by atoms with Crippen molar-refractivity contribution in [3.8, 4) is 0 Å². The average Bonchev–Trinajstić information content (AvgIpc) is 2.84. The Morgan fingerprint density at radius 2 is 2.06 bits per heavy atom. The second kappa shape index (κ2) is 4.23. The second-order valence-corrected chi connectivity index (χ2v) is 4.27. The quantitative estimate of drug-likeness (QED) is 0.744. The Kier molecular flexibility index (Phi) is 2.57. The maximum atomic E-state index is 10.4. The van der Waals surface area contributed by atoms with Gasteiger partial charge in [-0.15, -0.1) is 0 Å². The Morgan fingerprint density at radius 1 is 1.22 bits per heavy atom. The van der Waals surface area contributed by atoms with E-state index in [9.17, 15) is 5.11 Å². The summed E-state index contributed by atoms with van der Waals surface area (Å²) in [6.45, 7) is 0. The molecule has 90 valence electrons. The van der Waals surface area contributed by atoms with E-state index in [1.165, 1.54) is 0 Å². The highest BCUT2D eigenvalue weighted by molar-refractivity contribution is 5.82. The number of fused-ring (bicyclic) bond motifs is 1. The normalized spacial score (nSPS) is 12.8. The van der Waals surface area contributed by atoms with Gasteiger partial charge in [-0.1, -0.05) is 24.3 Å². The van der Waals surface area contributed by atoms with E-state index in [0.29, 0.717) is 0 Å². The minimum Gasteiger partial charge on any atom is -0.383 e. The summed E-state index contributed by atoms with van der Waals surface area (Å²) in [7, 11) is 1.83. The van der Waals surface area contributed by atoms with Crippen molar-refractivity contribution in [2.24, 2.45) is 7.05 Å². The van der Waals surface area contributed by atoms with Crippen molar-refractivity contribution in [2.45, 2.75) is 6.10 Å². The summed E-state index contributed by atoms with van der Waals surface area (Å²) < 4.78 is 1.68. The van der Waals surface area contributed by atoms with E-state index in [0.717, 1.165) is 22.0 Å². The molecular weight excluding hydrogens is 226 g/mol. The Hall–Kier alpha value is -2.20. The number of nitrogens with zero attached hydrogens (tertiary/aromatic N) is 3. The molecule has 0 saturated carbocycles. The lowest BCUT2D eigenvalue weighted by Crippen LogP contribution is -2.00. The van der Waals surface area contributed by atoms with E-state index in [1.54, 1.807) is 17.1 Å². The summed E-state index contributed by atoms with van der Waals surface area (Å²) in [5.74, 6) is 0. The molecule has 0 aliphatic rings. The molecule has 18 heavy (non-hydrogen) atoms. The van der Waals surface area contributed by atoms with Crippen molar-refractivity contribution < 1.29 is 5.11 Å². The SMILES string of the molecule is Cn1cc(C(O)c2cccc3cccnc23)cn1. The van der Waals surface area contributed by atoms with Gasteiger partial charge in [0.2, 0.25) is 0 Å². The summed E-state index contributed by atoms with van der Waals surface area (Å²) in [4.78, 5) is 4.35. The van der Waals surface area contributed by atoms with E-state index in [2.05, 4.69) is 10.1 Å². The van der Waals surface area contributed by atoms with Crippen LogP contribution in [0.1, 0.15) is 17.2 Å². The van der Waals surface area contributed by atoms with E-state index in [-0.39, 0.29) is 0 Å². The van der Waals surface area contributed by atoms with Crippen LogP contribution in [0.25, 0.3) is 10.9 Å². The number of hydrogen-bond acceptors (Lipinski definition) is 3. The molecule has 2 aromatic heterocycles. The molecule has 4 nitrogen and oxygen atoms in total. The highest BCUT2D eigenvalue weighted by atomic mass is 16.3. The molecule has 0 spiro atoms. The van der Waals surface area contributed by atoms with E-state index >= 15 is 0 Å². The minimum atomic E-state index is -0.697. The van der Waals surface area contributed by atoms with Gasteiger partial charge in [0.25, 0.3) is 0 Å². The first-order valence-electron chi connectivity index (χ1n) is 5.76. The monoisotopic (exact) mass is 239 g/mol. The van der Waals surface area contributed by atoms with Gasteiger partial charge in [0.05, 0.1) is 11.7 Å². The lowest BCUT2D eigenvalue weighted by atomic mass is 10.0. The topological polar surface area (TPSA) is 50.9 Å². The number of aliphatic hydroxyl groups is 1. The zero-order valence-electron chi connectivity index (χ0n) is 9.99. The molecular formula is C14H13N3O. The van der Waals surface area contributed by atoms with Gasteiger partial charge >= 0.3 is 0 Å². The molecule has 0 saturated heterocycles. The maximum Gasteiger partial charge on any atom is 0.109 e. The van der Waals surface area contributed by atoms with Gasteiger partial charge in [-0.2, -0.15) is 5.10 Å². The highest BCUT2D eigenvalue weighted by Gasteiger charge is 2.15. The van der Waals surface area contributed by atoms with Crippen LogP contribution < -0.4 is 0 Å². The number of pyridine rings is 1. The van der Waals surface area contributed by atoms with Crippen LogP contribution in [-0.2, 0) is 7.05 Å². The first kappa shape index (κ1) is 10.9. The highest BCUT2D eigenvalue weighted by Crippen LogP contribution is 2.26. The van der Waals surface area contributed by atoms with Gasteiger partial charge in [-0.3, -0.25) is 9.67 Å². The van der Waals surface area contributed by atoms with Crippen LogP contribution in [0.3, 0.4) is 0 Å². The largest absolute Gasteiger partial charge is 0.383 e. The number of hydrogen-bond donors (Lipinski definition) is 1. The number of aryl methyl sites for hydroxylation is 1. The number of rotatable bonds is 2. The molecule has 2 heterocycles. The Bertz CT molecular complexity index is 685. The minimum absolute atomic E-state index is 0.697. The summed E-state index contributed by atoms with van der Waals surface area (Å²) in [6, 6.07) is 9.69. The van der Waals surface area contributed by atoms with E-state index < -0.39 is 6.10 Å². The van der Waals surface area contributed by atoms with Crippen LogP contribution in [0.4, 0.5) is 0 Å². The van der Waals surface area contributed by atoms with Crippen molar-refractivity contribution in [3.63, 3.8) is 0 Å². The molecule has 1 atom stereocenters. The molecule has 4 heteroatoms. The van der Waals surface area contributed by atoms with Gasteiger partial charge < -0.3 is 5.11 Å². The molecule has 0 bridgehead atoms. The van der Waals surface area contributed by atoms with Gasteiger partial charge in [-0.05, 0) is 6.07 Å². The summed E-state index contributed by atoms with van der Waals surface area (Å²) >= 11 is 0. The first-order chi connectivity index (χ1) is 8.75. The van der Waals surface area contributed by atoms with Crippen molar-refractivity contribution in [2.75, 3.05) is 0 Å². The Labute approximate surface area is 105 Å². The third-order valence-corrected chi connectivity index (χ3v) is 3.00. The van der Waals surface area contributed by atoms with Crippen LogP contribution in [0.15, 0.2) is 48.9 Å². The predicted octanol–water partition coefficient (Wildman–Crippen LogP) is 2.05. The molecule has 0 aliphatic carbocycles. The van der Waals surface area contributed by atoms with Gasteiger partial charge in [-0.25, -0.2) is 0 Å². The van der Waals surface area contributed by atoms with Gasteiger partial charge in [0.15, 0.2) is 0 Å².